The molecular weight excluding hydrogens is 295 g/mol. The van der Waals surface area contributed by atoms with Crippen LogP contribution in [0.2, 0.25) is 10.0 Å². The predicted molar refractivity (Wildman–Crippen MR) is 71.8 cm³/mol. The van der Waals surface area contributed by atoms with Gasteiger partial charge in [0.05, 0.1) is 22.4 Å². The van der Waals surface area contributed by atoms with Crippen molar-refractivity contribution in [3.05, 3.63) is 22.2 Å². The van der Waals surface area contributed by atoms with E-state index < -0.39 is 10.0 Å². The summed E-state index contributed by atoms with van der Waals surface area (Å²) < 4.78 is 26.5. The molecular formula is C11H12Cl2N2O2S. The third-order valence-corrected chi connectivity index (χ3v) is 5.68. The SMILES string of the molecule is O=S1(=O)NCN(C2CCC2)c2cc(Cl)c(Cl)cc21. The van der Waals surface area contributed by atoms with Crippen LogP contribution in [0.5, 0.6) is 0 Å². The summed E-state index contributed by atoms with van der Waals surface area (Å²) in [4.78, 5) is 2.28. The molecule has 0 saturated heterocycles. The van der Waals surface area contributed by atoms with Crippen molar-refractivity contribution in [3.63, 3.8) is 0 Å². The van der Waals surface area contributed by atoms with Crippen LogP contribution < -0.4 is 9.62 Å². The lowest BCUT2D eigenvalue weighted by atomic mass is 9.91. The van der Waals surface area contributed by atoms with Gasteiger partial charge in [-0.3, -0.25) is 0 Å². The first-order valence-corrected chi connectivity index (χ1v) is 7.98. The Morgan fingerprint density at radius 1 is 1.22 bits per heavy atom. The fourth-order valence-corrected chi connectivity index (χ4v) is 3.87. The highest BCUT2D eigenvalue weighted by Gasteiger charge is 2.34. The second kappa shape index (κ2) is 4.27. The first kappa shape index (κ1) is 12.5. The number of rotatable bonds is 1. The number of fused-ring (bicyclic) bond motifs is 1. The summed E-state index contributed by atoms with van der Waals surface area (Å²) in [6.07, 6.45) is 3.35. The number of benzene rings is 1. The molecule has 1 N–H and O–H groups in total. The van der Waals surface area contributed by atoms with Crippen LogP contribution >= 0.6 is 23.2 Å². The van der Waals surface area contributed by atoms with E-state index in [0.717, 1.165) is 12.8 Å². The number of nitrogens with zero attached hydrogens (tertiary/aromatic N) is 1. The van der Waals surface area contributed by atoms with Gasteiger partial charge in [-0.05, 0) is 31.4 Å². The molecule has 1 aliphatic heterocycles. The Morgan fingerprint density at radius 2 is 1.89 bits per heavy atom. The van der Waals surface area contributed by atoms with Gasteiger partial charge in [0.2, 0.25) is 10.0 Å². The van der Waals surface area contributed by atoms with Crippen molar-refractivity contribution in [2.45, 2.75) is 30.2 Å². The van der Waals surface area contributed by atoms with Gasteiger partial charge in [0.1, 0.15) is 4.90 Å². The zero-order chi connectivity index (χ0) is 12.9. The molecule has 3 rings (SSSR count). The highest BCUT2D eigenvalue weighted by molar-refractivity contribution is 7.89. The molecule has 1 fully saturated rings. The lowest BCUT2D eigenvalue weighted by Crippen LogP contribution is -2.50. The fraction of sp³-hybridized carbons (Fsp3) is 0.455. The lowest BCUT2D eigenvalue weighted by molar-refractivity contribution is 0.380. The van der Waals surface area contributed by atoms with E-state index in [1.807, 2.05) is 0 Å². The van der Waals surface area contributed by atoms with Crippen molar-refractivity contribution in [1.82, 2.24) is 4.72 Å². The molecule has 1 saturated carbocycles. The van der Waals surface area contributed by atoms with Crippen molar-refractivity contribution >= 4 is 38.9 Å². The van der Waals surface area contributed by atoms with Gasteiger partial charge in [0.15, 0.2) is 0 Å². The van der Waals surface area contributed by atoms with E-state index in [4.69, 9.17) is 23.2 Å². The number of halogens is 2. The maximum atomic E-state index is 12.0. The molecule has 1 aliphatic carbocycles. The van der Waals surface area contributed by atoms with Crippen LogP contribution in [0.25, 0.3) is 0 Å². The van der Waals surface area contributed by atoms with Crippen LogP contribution in [0.15, 0.2) is 17.0 Å². The second-order valence-electron chi connectivity index (χ2n) is 4.59. The zero-order valence-electron chi connectivity index (χ0n) is 9.49. The zero-order valence-corrected chi connectivity index (χ0v) is 11.8. The Bertz CT molecular complexity index is 599. The number of sulfonamides is 1. The van der Waals surface area contributed by atoms with Crippen LogP contribution in [-0.2, 0) is 10.0 Å². The normalized spacial score (nSPS) is 22.4. The van der Waals surface area contributed by atoms with E-state index in [9.17, 15) is 8.42 Å². The molecule has 0 unspecified atom stereocenters. The van der Waals surface area contributed by atoms with E-state index in [1.54, 1.807) is 6.07 Å². The molecule has 1 aromatic rings. The Hall–Kier alpha value is -0.490. The van der Waals surface area contributed by atoms with E-state index in [2.05, 4.69) is 9.62 Å². The molecule has 7 heteroatoms. The van der Waals surface area contributed by atoms with Crippen molar-refractivity contribution in [1.29, 1.82) is 0 Å². The monoisotopic (exact) mass is 306 g/mol. The highest BCUT2D eigenvalue weighted by atomic mass is 35.5. The second-order valence-corrected chi connectivity index (χ2v) is 7.14. The maximum Gasteiger partial charge on any atom is 0.244 e. The van der Waals surface area contributed by atoms with Crippen molar-refractivity contribution in [3.8, 4) is 0 Å². The largest absolute Gasteiger partial charge is 0.354 e. The minimum Gasteiger partial charge on any atom is -0.354 e. The topological polar surface area (TPSA) is 49.4 Å². The van der Waals surface area contributed by atoms with Crippen LogP contribution in [0.1, 0.15) is 19.3 Å². The average molecular weight is 307 g/mol. The van der Waals surface area contributed by atoms with Gasteiger partial charge >= 0.3 is 0 Å². The molecule has 0 atom stereocenters. The van der Waals surface area contributed by atoms with Gasteiger partial charge in [-0.1, -0.05) is 23.2 Å². The molecule has 1 aromatic carbocycles. The van der Waals surface area contributed by atoms with Crippen molar-refractivity contribution < 1.29 is 8.42 Å². The molecule has 0 bridgehead atoms. The number of anilines is 1. The third kappa shape index (κ3) is 1.90. The summed E-state index contributed by atoms with van der Waals surface area (Å²) in [5.74, 6) is 0. The van der Waals surface area contributed by atoms with Crippen LogP contribution in [0.4, 0.5) is 5.69 Å². The molecule has 0 amide bonds. The Morgan fingerprint density at radius 3 is 2.50 bits per heavy atom. The molecule has 0 spiro atoms. The first-order chi connectivity index (χ1) is 8.49. The predicted octanol–water partition coefficient (Wildman–Crippen LogP) is 2.60. The highest BCUT2D eigenvalue weighted by Crippen LogP contribution is 2.39. The molecule has 4 nitrogen and oxygen atoms in total. The molecule has 18 heavy (non-hydrogen) atoms. The number of nitrogens with one attached hydrogen (secondary N) is 1. The standard InChI is InChI=1S/C11H12Cl2N2O2S/c12-8-4-10-11(5-9(8)13)18(16,17)14-6-15(10)7-2-1-3-7/h4-5,7,14H,1-3,6H2. The number of hydrogen-bond acceptors (Lipinski definition) is 3. The van der Waals surface area contributed by atoms with Gasteiger partial charge in [0, 0.05) is 6.04 Å². The summed E-state index contributed by atoms with van der Waals surface area (Å²) in [5.41, 5.74) is 0.660. The lowest BCUT2D eigenvalue weighted by Gasteiger charge is -2.42. The van der Waals surface area contributed by atoms with E-state index in [1.165, 1.54) is 12.5 Å². The van der Waals surface area contributed by atoms with Gasteiger partial charge in [0.25, 0.3) is 0 Å². The fourth-order valence-electron chi connectivity index (χ4n) is 2.30. The van der Waals surface area contributed by atoms with Crippen LogP contribution in [-0.4, -0.2) is 21.1 Å². The number of hydrogen-bond donors (Lipinski definition) is 1. The maximum absolute atomic E-state index is 12.0. The first-order valence-electron chi connectivity index (χ1n) is 5.74. The smallest absolute Gasteiger partial charge is 0.244 e. The van der Waals surface area contributed by atoms with Gasteiger partial charge in [-0.25, -0.2) is 8.42 Å². The van der Waals surface area contributed by atoms with E-state index in [0.29, 0.717) is 23.4 Å². The summed E-state index contributed by atoms with van der Waals surface area (Å²) in [6.45, 7) is 0.304. The molecule has 0 radical (unpaired) electrons. The molecule has 98 valence electrons. The molecule has 2 aliphatic rings. The minimum atomic E-state index is -3.47. The Labute approximate surface area is 116 Å². The quantitative estimate of drug-likeness (QED) is 0.867. The minimum absolute atomic E-state index is 0.218. The third-order valence-electron chi connectivity index (χ3n) is 3.54. The van der Waals surface area contributed by atoms with Crippen LogP contribution in [0, 0.1) is 0 Å². The summed E-state index contributed by atoms with van der Waals surface area (Å²) in [5, 5.41) is 0.646. The van der Waals surface area contributed by atoms with Gasteiger partial charge in [-0.2, -0.15) is 4.72 Å². The Kier molecular flexibility index (Phi) is 2.97. The van der Waals surface area contributed by atoms with E-state index >= 15 is 0 Å². The average Bonchev–Trinajstić information content (AvgIpc) is 2.23. The molecule has 0 aromatic heterocycles. The van der Waals surface area contributed by atoms with Crippen molar-refractivity contribution in [2.24, 2.45) is 0 Å². The van der Waals surface area contributed by atoms with Gasteiger partial charge < -0.3 is 4.90 Å². The summed E-state index contributed by atoms with van der Waals surface area (Å²) >= 11 is 11.9. The van der Waals surface area contributed by atoms with Crippen LogP contribution in [0.3, 0.4) is 0 Å². The van der Waals surface area contributed by atoms with E-state index in [-0.39, 0.29) is 9.92 Å². The summed E-state index contributed by atoms with van der Waals surface area (Å²) in [7, 11) is -3.47. The Balaban J connectivity index is 2.15. The summed E-state index contributed by atoms with van der Waals surface area (Å²) in [6, 6.07) is 3.46. The van der Waals surface area contributed by atoms with Crippen molar-refractivity contribution in [2.75, 3.05) is 11.6 Å². The molecule has 1 heterocycles. The van der Waals surface area contributed by atoms with Gasteiger partial charge in [-0.15, -0.1) is 0 Å².